The molecule has 0 bridgehead atoms. The van der Waals surface area contributed by atoms with Gasteiger partial charge >= 0.3 is 0 Å². The summed E-state index contributed by atoms with van der Waals surface area (Å²) in [5.41, 5.74) is 0. The minimum absolute atomic E-state index is 0.581. The highest BCUT2D eigenvalue weighted by Crippen LogP contribution is 2.07. The highest BCUT2D eigenvalue weighted by molar-refractivity contribution is 5.76. The van der Waals surface area contributed by atoms with E-state index < -0.39 is 49.0 Å². The van der Waals surface area contributed by atoms with Crippen molar-refractivity contribution in [1.82, 2.24) is 10.6 Å². The molecular weight excluding hydrogens is 260 g/mol. The van der Waals surface area contributed by atoms with Crippen LogP contribution in [0.2, 0.25) is 0 Å². The third-order valence-electron chi connectivity index (χ3n) is 2.34. The summed E-state index contributed by atoms with van der Waals surface area (Å²) in [7, 11) is 0. The van der Waals surface area contributed by atoms with E-state index in [0.29, 0.717) is 0 Å². The van der Waals surface area contributed by atoms with Crippen molar-refractivity contribution in [3.05, 3.63) is 0 Å². The van der Waals surface area contributed by atoms with Crippen LogP contribution in [-0.4, -0.2) is 74.5 Å². The molecule has 0 aromatic carbocycles. The Morgan fingerprint density at radius 3 is 1.63 bits per heavy atom. The Balaban J connectivity index is 4.80. The number of carbonyl (C=O) groups is 2. The van der Waals surface area contributed by atoms with Gasteiger partial charge in [0, 0.05) is 13.8 Å². The average Bonchev–Trinajstić information content (AvgIpc) is 2.33. The number of aliphatic hydroxyl groups is 5. The van der Waals surface area contributed by atoms with Crippen molar-refractivity contribution < 1.29 is 35.1 Å². The molecule has 9 nitrogen and oxygen atoms in total. The molecule has 0 spiro atoms. The lowest BCUT2D eigenvalue weighted by atomic mass is 10.0. The highest BCUT2D eigenvalue weighted by Gasteiger charge is 2.35. The van der Waals surface area contributed by atoms with Gasteiger partial charge in [-0.25, -0.2) is 0 Å². The maximum absolute atomic E-state index is 10.9. The van der Waals surface area contributed by atoms with E-state index in [4.69, 9.17) is 10.2 Å². The molecule has 112 valence electrons. The largest absolute Gasteiger partial charge is 0.394 e. The fraction of sp³-hybridized carbons (Fsp3) is 0.800. The minimum Gasteiger partial charge on any atom is -0.394 e. The SMILES string of the molecule is CC(=O)NC(NC(C)=O)[C@H](O)[C@H](O)[C@@H](O)[C@H](O)CO. The van der Waals surface area contributed by atoms with Crippen LogP contribution in [0.1, 0.15) is 13.8 Å². The summed E-state index contributed by atoms with van der Waals surface area (Å²) in [5, 5.41) is 50.9. The van der Waals surface area contributed by atoms with Gasteiger partial charge in [-0.1, -0.05) is 0 Å². The first-order chi connectivity index (χ1) is 8.70. The summed E-state index contributed by atoms with van der Waals surface area (Å²) in [6.45, 7) is 1.44. The number of hydrogen-bond donors (Lipinski definition) is 7. The van der Waals surface area contributed by atoms with Crippen LogP contribution in [0.15, 0.2) is 0 Å². The van der Waals surface area contributed by atoms with Gasteiger partial charge in [0.1, 0.15) is 30.6 Å². The van der Waals surface area contributed by atoms with E-state index in [1.165, 1.54) is 0 Å². The lowest BCUT2D eigenvalue weighted by Gasteiger charge is -2.31. The summed E-state index contributed by atoms with van der Waals surface area (Å²) in [6.07, 6.45) is -8.51. The lowest BCUT2D eigenvalue weighted by molar-refractivity contribution is -0.136. The van der Waals surface area contributed by atoms with Crippen LogP contribution < -0.4 is 10.6 Å². The summed E-state index contributed by atoms with van der Waals surface area (Å²) in [6, 6.07) is 0. The molecule has 0 fully saturated rings. The topological polar surface area (TPSA) is 159 Å². The third kappa shape index (κ3) is 5.94. The number of carbonyl (C=O) groups excluding carboxylic acids is 2. The van der Waals surface area contributed by atoms with Crippen LogP contribution in [0.5, 0.6) is 0 Å². The van der Waals surface area contributed by atoms with Crippen LogP contribution in [0.3, 0.4) is 0 Å². The fourth-order valence-electron chi connectivity index (χ4n) is 1.38. The summed E-state index contributed by atoms with van der Waals surface area (Å²) in [5.74, 6) is -1.16. The van der Waals surface area contributed by atoms with Gasteiger partial charge in [-0.05, 0) is 0 Å². The van der Waals surface area contributed by atoms with Crippen molar-refractivity contribution in [3.63, 3.8) is 0 Å². The number of rotatable bonds is 7. The Morgan fingerprint density at radius 2 is 1.32 bits per heavy atom. The summed E-state index contributed by atoms with van der Waals surface area (Å²) < 4.78 is 0. The van der Waals surface area contributed by atoms with Gasteiger partial charge in [0.15, 0.2) is 0 Å². The summed E-state index contributed by atoms with van der Waals surface area (Å²) >= 11 is 0. The van der Waals surface area contributed by atoms with Crippen molar-refractivity contribution in [1.29, 1.82) is 0 Å². The molecule has 0 saturated carbocycles. The van der Waals surface area contributed by atoms with Crippen LogP contribution in [0.4, 0.5) is 0 Å². The molecule has 0 aliphatic carbocycles. The number of amides is 2. The number of hydrogen-bond acceptors (Lipinski definition) is 7. The quantitative estimate of drug-likeness (QED) is 0.234. The van der Waals surface area contributed by atoms with E-state index >= 15 is 0 Å². The Hall–Kier alpha value is -1.26. The molecule has 9 heteroatoms. The lowest BCUT2D eigenvalue weighted by Crippen LogP contribution is -2.60. The molecule has 0 aromatic heterocycles. The van der Waals surface area contributed by atoms with Crippen molar-refractivity contribution in [2.75, 3.05) is 6.61 Å². The van der Waals surface area contributed by atoms with Gasteiger partial charge in [-0.15, -0.1) is 0 Å². The second-order valence-electron chi connectivity index (χ2n) is 4.10. The van der Waals surface area contributed by atoms with E-state index in [0.717, 1.165) is 13.8 Å². The maximum Gasteiger partial charge on any atom is 0.218 e. The van der Waals surface area contributed by atoms with Crippen LogP contribution >= 0.6 is 0 Å². The van der Waals surface area contributed by atoms with E-state index in [9.17, 15) is 24.9 Å². The van der Waals surface area contributed by atoms with E-state index in [1.54, 1.807) is 0 Å². The van der Waals surface area contributed by atoms with E-state index in [-0.39, 0.29) is 0 Å². The average molecular weight is 280 g/mol. The molecule has 0 radical (unpaired) electrons. The smallest absolute Gasteiger partial charge is 0.218 e. The molecule has 7 N–H and O–H groups in total. The van der Waals surface area contributed by atoms with Crippen molar-refractivity contribution in [2.24, 2.45) is 0 Å². The van der Waals surface area contributed by atoms with E-state index in [2.05, 4.69) is 10.6 Å². The van der Waals surface area contributed by atoms with Gasteiger partial charge in [0.05, 0.1) is 6.61 Å². The Kier molecular flexibility index (Phi) is 7.49. The molecule has 0 saturated heterocycles. The standard InChI is InChI=1S/C10H20N2O7/c1-4(14)11-10(12-5(2)15)9(19)8(18)7(17)6(16)3-13/h6-10,13,16-19H,3H2,1-2H3,(H,11,14)(H,12,15)/t6-,7+,8-,9-/m1/s1. The first-order valence-corrected chi connectivity index (χ1v) is 5.58. The zero-order valence-electron chi connectivity index (χ0n) is 10.6. The molecular formula is C10H20N2O7. The fourth-order valence-corrected chi connectivity index (χ4v) is 1.38. The minimum atomic E-state index is -1.88. The Morgan fingerprint density at radius 1 is 0.895 bits per heavy atom. The first-order valence-electron chi connectivity index (χ1n) is 5.58. The molecule has 0 rings (SSSR count). The number of aliphatic hydroxyl groups excluding tert-OH is 5. The van der Waals surface area contributed by atoms with Crippen molar-refractivity contribution in [3.8, 4) is 0 Å². The predicted octanol–water partition coefficient (Wildman–Crippen LogP) is -3.98. The second kappa shape index (κ2) is 8.02. The van der Waals surface area contributed by atoms with E-state index in [1.807, 2.05) is 0 Å². The highest BCUT2D eigenvalue weighted by atomic mass is 16.4. The zero-order chi connectivity index (χ0) is 15.2. The van der Waals surface area contributed by atoms with Gasteiger partial charge in [0.25, 0.3) is 0 Å². The third-order valence-corrected chi connectivity index (χ3v) is 2.34. The normalized spacial score (nSPS) is 17.5. The van der Waals surface area contributed by atoms with Crippen LogP contribution in [0, 0.1) is 0 Å². The van der Waals surface area contributed by atoms with Crippen molar-refractivity contribution >= 4 is 11.8 Å². The van der Waals surface area contributed by atoms with Gasteiger partial charge < -0.3 is 36.2 Å². The predicted molar refractivity (Wildman–Crippen MR) is 62.5 cm³/mol. The molecule has 4 atom stereocenters. The van der Waals surface area contributed by atoms with Crippen LogP contribution in [-0.2, 0) is 9.59 Å². The van der Waals surface area contributed by atoms with Crippen LogP contribution in [0.25, 0.3) is 0 Å². The monoisotopic (exact) mass is 280 g/mol. The molecule has 0 aliphatic rings. The molecule has 0 aliphatic heterocycles. The molecule has 0 unspecified atom stereocenters. The van der Waals surface area contributed by atoms with Crippen molar-refractivity contribution in [2.45, 2.75) is 44.4 Å². The Labute approximate surface area is 109 Å². The molecule has 0 heterocycles. The second-order valence-corrected chi connectivity index (χ2v) is 4.10. The zero-order valence-corrected chi connectivity index (χ0v) is 10.6. The summed E-state index contributed by atoms with van der Waals surface area (Å²) in [4.78, 5) is 21.8. The maximum atomic E-state index is 10.9. The number of nitrogens with one attached hydrogen (secondary N) is 2. The van der Waals surface area contributed by atoms with Gasteiger partial charge in [0.2, 0.25) is 11.8 Å². The Bertz CT molecular complexity index is 296. The molecule has 2 amide bonds. The first kappa shape index (κ1) is 17.7. The molecule has 19 heavy (non-hydrogen) atoms. The molecule has 0 aromatic rings. The van der Waals surface area contributed by atoms with Gasteiger partial charge in [-0.2, -0.15) is 0 Å². The van der Waals surface area contributed by atoms with Gasteiger partial charge in [-0.3, -0.25) is 9.59 Å².